The SMILES string of the molecule is O=[N+]([O-])c1cc(S(=O)(=O)C(F)(F)F)ccc1N1CC2CC=CCC2C1. The van der Waals surface area contributed by atoms with E-state index in [4.69, 9.17) is 0 Å². The molecule has 0 aromatic heterocycles. The molecule has 1 fully saturated rings. The van der Waals surface area contributed by atoms with Crippen LogP contribution < -0.4 is 4.90 Å². The minimum absolute atomic E-state index is 0.153. The third-order valence-electron chi connectivity index (χ3n) is 4.72. The zero-order valence-electron chi connectivity index (χ0n) is 12.9. The predicted molar refractivity (Wildman–Crippen MR) is 83.9 cm³/mol. The fraction of sp³-hybridized carbons (Fsp3) is 0.467. The minimum Gasteiger partial charge on any atom is -0.365 e. The Morgan fingerprint density at radius 1 is 1.12 bits per heavy atom. The quantitative estimate of drug-likeness (QED) is 0.459. The Labute approximate surface area is 142 Å². The number of sulfone groups is 1. The molecule has 0 N–H and O–H groups in total. The summed E-state index contributed by atoms with van der Waals surface area (Å²) in [6.07, 6.45) is 5.82. The summed E-state index contributed by atoms with van der Waals surface area (Å²) in [5.74, 6) is 0.673. The molecule has 0 radical (unpaired) electrons. The number of fused-ring (bicyclic) bond motifs is 1. The van der Waals surface area contributed by atoms with E-state index >= 15 is 0 Å². The highest BCUT2D eigenvalue weighted by Gasteiger charge is 2.47. The third kappa shape index (κ3) is 3.10. The van der Waals surface area contributed by atoms with Gasteiger partial charge in [0, 0.05) is 19.2 Å². The lowest BCUT2D eigenvalue weighted by Crippen LogP contribution is -2.24. The lowest BCUT2D eigenvalue weighted by molar-refractivity contribution is -0.384. The maximum Gasteiger partial charge on any atom is 0.501 e. The fourth-order valence-corrected chi connectivity index (χ4v) is 4.21. The molecule has 2 unspecified atom stereocenters. The Balaban J connectivity index is 1.98. The van der Waals surface area contributed by atoms with Gasteiger partial charge in [0.1, 0.15) is 5.69 Å². The molecular weight excluding hydrogens is 361 g/mol. The first kappa shape index (κ1) is 17.7. The van der Waals surface area contributed by atoms with Gasteiger partial charge >= 0.3 is 5.51 Å². The van der Waals surface area contributed by atoms with Crippen LogP contribution in [-0.2, 0) is 9.84 Å². The molecule has 136 valence electrons. The first-order valence-corrected chi connectivity index (χ1v) is 9.09. The summed E-state index contributed by atoms with van der Waals surface area (Å²) in [7, 11) is -5.63. The van der Waals surface area contributed by atoms with E-state index in [1.165, 1.54) is 0 Å². The smallest absolute Gasteiger partial charge is 0.365 e. The van der Waals surface area contributed by atoms with Gasteiger partial charge in [-0.2, -0.15) is 13.2 Å². The van der Waals surface area contributed by atoms with Crippen molar-refractivity contribution < 1.29 is 26.5 Å². The van der Waals surface area contributed by atoms with Crippen LogP contribution in [0.1, 0.15) is 12.8 Å². The van der Waals surface area contributed by atoms with Gasteiger partial charge in [0.2, 0.25) is 0 Å². The molecule has 25 heavy (non-hydrogen) atoms. The summed E-state index contributed by atoms with van der Waals surface area (Å²) in [4.78, 5) is 11.1. The van der Waals surface area contributed by atoms with Crippen molar-refractivity contribution in [3.05, 3.63) is 40.5 Å². The summed E-state index contributed by atoms with van der Waals surface area (Å²) >= 11 is 0. The highest BCUT2D eigenvalue weighted by molar-refractivity contribution is 7.92. The van der Waals surface area contributed by atoms with Crippen LogP contribution >= 0.6 is 0 Å². The van der Waals surface area contributed by atoms with Crippen molar-refractivity contribution >= 4 is 21.2 Å². The van der Waals surface area contributed by atoms with Gasteiger partial charge in [0.05, 0.1) is 9.82 Å². The normalized spacial score (nSPS) is 23.6. The van der Waals surface area contributed by atoms with Crippen molar-refractivity contribution in [1.29, 1.82) is 0 Å². The van der Waals surface area contributed by atoms with Gasteiger partial charge in [-0.05, 0) is 36.8 Å². The summed E-state index contributed by atoms with van der Waals surface area (Å²) in [5.41, 5.74) is -5.98. The van der Waals surface area contributed by atoms with Gasteiger partial charge in [-0.25, -0.2) is 8.42 Å². The van der Waals surface area contributed by atoms with Gasteiger partial charge in [0.25, 0.3) is 15.5 Å². The average Bonchev–Trinajstić information content (AvgIpc) is 2.97. The molecule has 10 heteroatoms. The van der Waals surface area contributed by atoms with Crippen LogP contribution in [-0.4, -0.2) is 31.9 Å². The molecule has 6 nitrogen and oxygen atoms in total. The number of benzene rings is 1. The topological polar surface area (TPSA) is 80.5 Å². The molecule has 3 rings (SSSR count). The molecule has 2 aliphatic rings. The number of nitrogens with zero attached hydrogens (tertiary/aromatic N) is 2. The Morgan fingerprint density at radius 2 is 1.68 bits per heavy atom. The second-order valence-electron chi connectivity index (χ2n) is 6.22. The van der Waals surface area contributed by atoms with Crippen LogP contribution in [0.4, 0.5) is 24.5 Å². The molecule has 0 spiro atoms. The highest BCUT2D eigenvalue weighted by Crippen LogP contribution is 2.40. The monoisotopic (exact) mass is 376 g/mol. The molecule has 1 aliphatic carbocycles. The fourth-order valence-electron chi connectivity index (χ4n) is 3.43. The number of anilines is 1. The van der Waals surface area contributed by atoms with Crippen molar-refractivity contribution in [2.24, 2.45) is 11.8 Å². The number of hydrogen-bond donors (Lipinski definition) is 0. The van der Waals surface area contributed by atoms with Gasteiger partial charge in [-0.15, -0.1) is 0 Å². The van der Waals surface area contributed by atoms with E-state index in [9.17, 15) is 31.7 Å². The van der Waals surface area contributed by atoms with Crippen molar-refractivity contribution in [3.63, 3.8) is 0 Å². The zero-order valence-corrected chi connectivity index (χ0v) is 13.8. The number of nitro groups is 1. The van der Waals surface area contributed by atoms with Crippen LogP contribution in [0.15, 0.2) is 35.2 Å². The van der Waals surface area contributed by atoms with Crippen molar-refractivity contribution in [2.45, 2.75) is 23.2 Å². The highest BCUT2D eigenvalue weighted by atomic mass is 32.2. The second-order valence-corrected chi connectivity index (χ2v) is 8.17. The summed E-state index contributed by atoms with van der Waals surface area (Å²) in [5, 5.41) is 11.3. The van der Waals surface area contributed by atoms with Crippen LogP contribution in [0.2, 0.25) is 0 Å². The van der Waals surface area contributed by atoms with E-state index in [-0.39, 0.29) is 5.69 Å². The Hall–Kier alpha value is -2.10. The lowest BCUT2D eigenvalue weighted by Gasteiger charge is -2.19. The molecule has 1 heterocycles. The van der Waals surface area contributed by atoms with E-state index in [1.807, 2.05) is 0 Å². The van der Waals surface area contributed by atoms with Crippen LogP contribution in [0.3, 0.4) is 0 Å². The number of nitro benzene ring substituents is 1. The van der Waals surface area contributed by atoms with Gasteiger partial charge in [-0.1, -0.05) is 12.2 Å². The maximum atomic E-state index is 12.7. The number of allylic oxidation sites excluding steroid dienone is 2. The summed E-state index contributed by atoms with van der Waals surface area (Å²) < 4.78 is 61.0. The number of halogens is 3. The third-order valence-corrected chi connectivity index (χ3v) is 6.20. The number of alkyl halides is 3. The summed E-state index contributed by atoms with van der Waals surface area (Å²) in [6, 6.07) is 2.38. The molecule has 1 aromatic rings. The standard InChI is InChI=1S/C15H15F3N2O4S/c16-15(17,18)25(23,24)12-5-6-13(14(7-12)20(21)22)19-8-10-3-1-2-4-11(10)9-19/h1-2,5-7,10-11H,3-4,8-9H2. The molecule has 2 atom stereocenters. The molecule has 1 saturated heterocycles. The maximum absolute atomic E-state index is 12.7. The molecular formula is C15H15F3N2O4S. The first-order chi connectivity index (χ1) is 11.6. The number of hydrogen-bond acceptors (Lipinski definition) is 5. The van der Waals surface area contributed by atoms with Crippen LogP contribution in [0.25, 0.3) is 0 Å². The average molecular weight is 376 g/mol. The van der Waals surface area contributed by atoms with Crippen LogP contribution in [0, 0.1) is 22.0 Å². The number of rotatable bonds is 3. The second kappa shape index (κ2) is 6.01. The Bertz CT molecular complexity index is 820. The minimum atomic E-state index is -5.63. The van der Waals surface area contributed by atoms with Crippen molar-refractivity contribution in [3.8, 4) is 0 Å². The van der Waals surface area contributed by atoms with Gasteiger partial charge < -0.3 is 4.90 Å². The lowest BCUT2D eigenvalue weighted by atomic mass is 9.86. The van der Waals surface area contributed by atoms with E-state index in [0.717, 1.165) is 25.0 Å². The Kier molecular flexibility index (Phi) is 4.26. The molecule has 1 aromatic carbocycles. The van der Waals surface area contributed by atoms with E-state index in [2.05, 4.69) is 12.2 Å². The van der Waals surface area contributed by atoms with Crippen LogP contribution in [0.5, 0.6) is 0 Å². The largest absolute Gasteiger partial charge is 0.501 e. The van der Waals surface area contributed by atoms with E-state index in [0.29, 0.717) is 31.0 Å². The van der Waals surface area contributed by atoms with Crippen molar-refractivity contribution in [2.75, 3.05) is 18.0 Å². The zero-order chi connectivity index (χ0) is 18.4. The van der Waals surface area contributed by atoms with E-state index < -0.39 is 30.9 Å². The molecule has 1 aliphatic heterocycles. The Morgan fingerprint density at radius 3 is 2.16 bits per heavy atom. The molecule has 0 amide bonds. The first-order valence-electron chi connectivity index (χ1n) is 7.61. The van der Waals surface area contributed by atoms with Gasteiger partial charge in [0.15, 0.2) is 0 Å². The molecule has 0 bridgehead atoms. The predicted octanol–water partition coefficient (Wildman–Crippen LogP) is 3.29. The van der Waals surface area contributed by atoms with E-state index in [1.54, 1.807) is 4.90 Å². The summed E-state index contributed by atoms with van der Waals surface area (Å²) in [6.45, 7) is 1.11. The van der Waals surface area contributed by atoms with Crippen molar-refractivity contribution in [1.82, 2.24) is 0 Å². The molecule has 0 saturated carbocycles. The van der Waals surface area contributed by atoms with Gasteiger partial charge in [-0.3, -0.25) is 10.1 Å².